The van der Waals surface area contributed by atoms with Gasteiger partial charge in [0.2, 0.25) is 0 Å². The van der Waals surface area contributed by atoms with Crippen LogP contribution in [0, 0.1) is 0 Å². The monoisotopic (exact) mass is 297 g/mol. The van der Waals surface area contributed by atoms with Crippen LogP contribution in [0.2, 0.25) is 0 Å². The molecule has 0 bridgehead atoms. The van der Waals surface area contributed by atoms with Crippen LogP contribution in [0.15, 0.2) is 10.6 Å². The van der Waals surface area contributed by atoms with E-state index in [1.807, 2.05) is 20.8 Å². The van der Waals surface area contributed by atoms with Gasteiger partial charge in [-0.2, -0.15) is 0 Å². The Kier molecular flexibility index (Phi) is 6.20. The SMILES string of the molecule is CC(C)(C)c1cc(NC(=O)NCCCCCC(=O)O)no1. The number of aromatic nitrogens is 1. The first-order valence-corrected chi connectivity index (χ1v) is 7.03. The minimum absolute atomic E-state index is 0.159. The number of carbonyl (C=O) groups excluding carboxylic acids is 1. The van der Waals surface area contributed by atoms with Crippen molar-refractivity contribution in [1.82, 2.24) is 10.5 Å². The summed E-state index contributed by atoms with van der Waals surface area (Å²) in [4.78, 5) is 21.9. The van der Waals surface area contributed by atoms with Crippen LogP contribution in [0.1, 0.15) is 52.2 Å². The molecule has 1 aromatic rings. The highest BCUT2D eigenvalue weighted by Crippen LogP contribution is 2.24. The van der Waals surface area contributed by atoms with Gasteiger partial charge in [-0.3, -0.25) is 10.1 Å². The number of amides is 2. The molecule has 0 aliphatic heterocycles. The van der Waals surface area contributed by atoms with Crippen molar-refractivity contribution >= 4 is 17.8 Å². The Morgan fingerprint density at radius 3 is 2.57 bits per heavy atom. The highest BCUT2D eigenvalue weighted by atomic mass is 16.5. The maximum Gasteiger partial charge on any atom is 0.320 e. The number of unbranched alkanes of at least 4 members (excludes halogenated alkanes) is 2. The normalized spacial score (nSPS) is 11.2. The summed E-state index contributed by atoms with van der Waals surface area (Å²) in [5.41, 5.74) is -0.159. The average molecular weight is 297 g/mol. The fourth-order valence-electron chi connectivity index (χ4n) is 1.63. The summed E-state index contributed by atoms with van der Waals surface area (Å²) in [6, 6.07) is 1.36. The summed E-state index contributed by atoms with van der Waals surface area (Å²) in [6.07, 6.45) is 2.30. The van der Waals surface area contributed by atoms with Crippen LogP contribution in [0.5, 0.6) is 0 Å². The van der Waals surface area contributed by atoms with Gasteiger partial charge in [0, 0.05) is 24.4 Å². The third-order valence-corrected chi connectivity index (χ3v) is 2.84. The Morgan fingerprint density at radius 1 is 1.29 bits per heavy atom. The quantitative estimate of drug-likeness (QED) is 0.671. The number of carboxylic acid groups (broad SMARTS) is 1. The minimum Gasteiger partial charge on any atom is -0.481 e. The lowest BCUT2D eigenvalue weighted by Gasteiger charge is -2.12. The third kappa shape index (κ3) is 6.78. The number of nitrogens with one attached hydrogen (secondary N) is 2. The number of urea groups is 1. The number of nitrogens with zero attached hydrogens (tertiary/aromatic N) is 1. The Hall–Kier alpha value is -2.05. The molecule has 21 heavy (non-hydrogen) atoms. The van der Waals surface area contributed by atoms with E-state index in [0.717, 1.165) is 12.8 Å². The zero-order valence-electron chi connectivity index (χ0n) is 12.7. The van der Waals surface area contributed by atoms with Gasteiger partial charge < -0.3 is 14.9 Å². The zero-order chi connectivity index (χ0) is 15.9. The van der Waals surface area contributed by atoms with Crippen molar-refractivity contribution in [3.63, 3.8) is 0 Å². The van der Waals surface area contributed by atoms with E-state index in [2.05, 4.69) is 15.8 Å². The maximum atomic E-state index is 11.6. The van der Waals surface area contributed by atoms with E-state index in [4.69, 9.17) is 9.63 Å². The van der Waals surface area contributed by atoms with Crippen molar-refractivity contribution in [3.05, 3.63) is 11.8 Å². The molecule has 0 fully saturated rings. The summed E-state index contributed by atoms with van der Waals surface area (Å²) < 4.78 is 5.16. The van der Waals surface area contributed by atoms with Crippen molar-refractivity contribution in [2.24, 2.45) is 0 Å². The number of aliphatic carboxylic acids is 1. The van der Waals surface area contributed by atoms with E-state index in [0.29, 0.717) is 24.5 Å². The van der Waals surface area contributed by atoms with Crippen molar-refractivity contribution < 1.29 is 19.2 Å². The Morgan fingerprint density at radius 2 is 2.00 bits per heavy atom. The summed E-state index contributed by atoms with van der Waals surface area (Å²) in [5, 5.41) is 17.6. The van der Waals surface area contributed by atoms with E-state index in [9.17, 15) is 9.59 Å². The molecule has 1 rings (SSSR count). The molecule has 0 radical (unpaired) electrons. The molecule has 1 heterocycles. The van der Waals surface area contributed by atoms with E-state index >= 15 is 0 Å². The van der Waals surface area contributed by atoms with Crippen LogP contribution in [-0.2, 0) is 10.2 Å². The predicted molar refractivity (Wildman–Crippen MR) is 78.3 cm³/mol. The van der Waals surface area contributed by atoms with Gasteiger partial charge in [0.1, 0.15) is 5.76 Å². The highest BCUT2D eigenvalue weighted by Gasteiger charge is 2.20. The van der Waals surface area contributed by atoms with Crippen molar-refractivity contribution in [2.45, 2.75) is 51.9 Å². The number of hydrogen-bond donors (Lipinski definition) is 3. The highest BCUT2D eigenvalue weighted by molar-refractivity contribution is 5.88. The van der Waals surface area contributed by atoms with Gasteiger partial charge in [-0.25, -0.2) is 4.79 Å². The Balaban J connectivity index is 2.22. The van der Waals surface area contributed by atoms with Gasteiger partial charge in [-0.1, -0.05) is 32.3 Å². The topological polar surface area (TPSA) is 104 Å². The van der Waals surface area contributed by atoms with Gasteiger partial charge in [0.15, 0.2) is 5.82 Å². The standard InChI is InChI=1S/C14H23N3O4/c1-14(2,3)10-9-11(17-21-10)16-13(20)15-8-6-4-5-7-12(18)19/h9H,4-8H2,1-3H3,(H,18,19)(H2,15,16,17,20). The number of hydrogen-bond acceptors (Lipinski definition) is 4. The van der Waals surface area contributed by atoms with Crippen LogP contribution < -0.4 is 10.6 Å². The fraction of sp³-hybridized carbons (Fsp3) is 0.643. The Bertz CT molecular complexity index is 477. The average Bonchev–Trinajstić information content (AvgIpc) is 2.81. The van der Waals surface area contributed by atoms with Crippen LogP contribution in [-0.4, -0.2) is 28.8 Å². The fourth-order valence-corrected chi connectivity index (χ4v) is 1.63. The number of carboxylic acids is 1. The molecule has 0 aliphatic carbocycles. The molecular formula is C14H23N3O4. The summed E-state index contributed by atoms with van der Waals surface area (Å²) in [5.74, 6) is 0.288. The largest absolute Gasteiger partial charge is 0.481 e. The molecule has 0 saturated carbocycles. The molecule has 0 atom stereocenters. The van der Waals surface area contributed by atoms with Gasteiger partial charge in [0.25, 0.3) is 0 Å². The zero-order valence-corrected chi connectivity index (χ0v) is 12.7. The molecule has 7 nitrogen and oxygen atoms in total. The summed E-state index contributed by atoms with van der Waals surface area (Å²) in [7, 11) is 0. The van der Waals surface area contributed by atoms with Crippen molar-refractivity contribution in [3.8, 4) is 0 Å². The lowest BCUT2D eigenvalue weighted by atomic mass is 9.93. The maximum absolute atomic E-state index is 11.6. The smallest absolute Gasteiger partial charge is 0.320 e. The molecule has 0 aromatic carbocycles. The predicted octanol–water partition coefficient (Wildman–Crippen LogP) is 2.74. The van der Waals surface area contributed by atoms with Gasteiger partial charge in [-0.15, -0.1) is 0 Å². The summed E-state index contributed by atoms with van der Waals surface area (Å²) in [6.45, 7) is 6.48. The van der Waals surface area contributed by atoms with Gasteiger partial charge >= 0.3 is 12.0 Å². The first kappa shape index (κ1) is 17.0. The van der Waals surface area contributed by atoms with E-state index in [1.54, 1.807) is 6.07 Å². The molecule has 7 heteroatoms. The molecule has 3 N–H and O–H groups in total. The molecule has 1 aromatic heterocycles. The van der Waals surface area contributed by atoms with E-state index in [-0.39, 0.29) is 17.9 Å². The molecule has 118 valence electrons. The van der Waals surface area contributed by atoms with Gasteiger partial charge in [-0.05, 0) is 12.8 Å². The first-order valence-electron chi connectivity index (χ1n) is 7.03. The second-order valence-electron chi connectivity index (χ2n) is 5.91. The van der Waals surface area contributed by atoms with Crippen molar-refractivity contribution in [2.75, 3.05) is 11.9 Å². The van der Waals surface area contributed by atoms with Crippen LogP contribution in [0.4, 0.5) is 10.6 Å². The minimum atomic E-state index is -0.790. The van der Waals surface area contributed by atoms with Crippen LogP contribution >= 0.6 is 0 Å². The van der Waals surface area contributed by atoms with Crippen LogP contribution in [0.3, 0.4) is 0 Å². The molecule has 0 unspecified atom stereocenters. The number of rotatable bonds is 7. The molecule has 0 aliphatic rings. The second-order valence-corrected chi connectivity index (χ2v) is 5.91. The lowest BCUT2D eigenvalue weighted by Crippen LogP contribution is -2.29. The van der Waals surface area contributed by atoms with E-state index < -0.39 is 5.97 Å². The van der Waals surface area contributed by atoms with E-state index in [1.165, 1.54) is 0 Å². The van der Waals surface area contributed by atoms with Gasteiger partial charge in [0.05, 0.1) is 0 Å². The second kappa shape index (κ2) is 7.66. The third-order valence-electron chi connectivity index (χ3n) is 2.84. The summed E-state index contributed by atoms with van der Waals surface area (Å²) >= 11 is 0. The molecular weight excluding hydrogens is 274 g/mol. The Labute approximate surface area is 124 Å². The van der Waals surface area contributed by atoms with Crippen molar-refractivity contribution in [1.29, 1.82) is 0 Å². The molecule has 0 spiro atoms. The van der Waals surface area contributed by atoms with Crippen LogP contribution in [0.25, 0.3) is 0 Å². The number of carbonyl (C=O) groups is 2. The molecule has 0 saturated heterocycles. The lowest BCUT2D eigenvalue weighted by molar-refractivity contribution is -0.137. The molecule has 2 amide bonds. The first-order chi connectivity index (χ1) is 9.79. The number of anilines is 1.